The molecule has 3 heterocycles. The molecule has 0 bridgehead atoms. The number of ether oxygens (including phenoxy) is 1. The van der Waals surface area contributed by atoms with Crippen LogP contribution in [0, 0.1) is 0 Å². The Kier molecular flexibility index (Phi) is 4.62. The van der Waals surface area contributed by atoms with Crippen LogP contribution in [0.5, 0.6) is 11.5 Å². The molecular formula is C23H23N5O. The lowest BCUT2D eigenvalue weighted by atomic mass is 10.0. The fourth-order valence-electron chi connectivity index (χ4n) is 3.98. The van der Waals surface area contributed by atoms with E-state index in [4.69, 9.17) is 15.5 Å². The predicted molar refractivity (Wildman–Crippen MR) is 115 cm³/mol. The van der Waals surface area contributed by atoms with E-state index < -0.39 is 0 Å². The molecule has 1 atom stereocenters. The Morgan fingerprint density at radius 3 is 2.59 bits per heavy atom. The van der Waals surface area contributed by atoms with Crippen molar-refractivity contribution in [1.29, 1.82) is 0 Å². The van der Waals surface area contributed by atoms with Crippen molar-refractivity contribution in [2.45, 2.75) is 25.3 Å². The maximum Gasteiger partial charge on any atom is 0.155 e. The summed E-state index contributed by atoms with van der Waals surface area (Å²) in [4.78, 5) is 4.76. The molecule has 5 rings (SSSR count). The quantitative estimate of drug-likeness (QED) is 0.477. The van der Waals surface area contributed by atoms with E-state index in [1.807, 2.05) is 60.8 Å². The predicted octanol–water partition coefficient (Wildman–Crippen LogP) is 4.29. The van der Waals surface area contributed by atoms with E-state index in [1.54, 1.807) is 0 Å². The van der Waals surface area contributed by atoms with Crippen molar-refractivity contribution in [3.05, 3.63) is 66.4 Å². The van der Waals surface area contributed by atoms with Gasteiger partial charge in [0.05, 0.1) is 16.6 Å². The molecule has 146 valence electrons. The molecule has 1 aliphatic rings. The van der Waals surface area contributed by atoms with Crippen LogP contribution < -0.4 is 15.8 Å². The molecule has 0 spiro atoms. The number of H-pyrrole nitrogens is 1. The average Bonchev–Trinajstić information content (AvgIpc) is 3.40. The first-order valence-corrected chi connectivity index (χ1v) is 9.96. The summed E-state index contributed by atoms with van der Waals surface area (Å²) in [6.45, 7) is 1.09. The van der Waals surface area contributed by atoms with Crippen molar-refractivity contribution < 1.29 is 4.74 Å². The van der Waals surface area contributed by atoms with Gasteiger partial charge >= 0.3 is 0 Å². The molecule has 1 aliphatic heterocycles. The van der Waals surface area contributed by atoms with Gasteiger partial charge in [-0.3, -0.25) is 10.1 Å². The van der Waals surface area contributed by atoms with Crippen molar-refractivity contribution >= 4 is 16.7 Å². The summed E-state index contributed by atoms with van der Waals surface area (Å²) in [6, 6.07) is 18.1. The highest BCUT2D eigenvalue weighted by atomic mass is 16.5. The maximum absolute atomic E-state index is 6.20. The number of para-hydroxylation sites is 1. The van der Waals surface area contributed by atoms with Gasteiger partial charge in [-0.1, -0.05) is 18.2 Å². The first kappa shape index (κ1) is 17.7. The molecule has 1 unspecified atom stereocenters. The smallest absolute Gasteiger partial charge is 0.155 e. The second-order valence-corrected chi connectivity index (χ2v) is 7.43. The number of aromatic nitrogens is 3. The Morgan fingerprint density at radius 1 is 1.03 bits per heavy atom. The van der Waals surface area contributed by atoms with Crippen LogP contribution in [0.1, 0.15) is 18.4 Å². The van der Waals surface area contributed by atoms with E-state index in [1.165, 1.54) is 12.8 Å². The third-order valence-corrected chi connectivity index (χ3v) is 5.44. The lowest BCUT2D eigenvalue weighted by molar-refractivity contribution is 0.483. The minimum absolute atomic E-state index is 0.480. The number of nitrogen functional groups attached to an aromatic ring is 1. The first-order valence-electron chi connectivity index (χ1n) is 9.96. The standard InChI is InChI=1S/C23H23N5O/c24-23-20-21(15-8-10-19(11-9-15)29-18-6-2-1-3-7-18)26-14-16(22(20)27-28-23)13-17-5-4-12-25-17/h1-3,6-11,14,17,25H,4-5,12-13H2,(H3,24,27,28). The van der Waals surface area contributed by atoms with Crippen molar-refractivity contribution in [2.24, 2.45) is 0 Å². The van der Waals surface area contributed by atoms with Gasteiger partial charge in [-0.05, 0) is 67.8 Å². The Bertz CT molecular complexity index is 1120. The number of aromatic amines is 1. The molecular weight excluding hydrogens is 362 g/mol. The summed E-state index contributed by atoms with van der Waals surface area (Å²) >= 11 is 0. The SMILES string of the molecule is Nc1n[nH]c2c(CC3CCCN3)cnc(-c3ccc(Oc4ccccc4)cc3)c12. The fourth-order valence-corrected chi connectivity index (χ4v) is 3.98. The lowest BCUT2D eigenvalue weighted by Crippen LogP contribution is -2.23. The normalized spacial score (nSPS) is 16.3. The van der Waals surface area contributed by atoms with Crippen LogP contribution >= 0.6 is 0 Å². The third-order valence-electron chi connectivity index (χ3n) is 5.44. The number of fused-ring (bicyclic) bond motifs is 1. The van der Waals surface area contributed by atoms with Gasteiger partial charge in [0.15, 0.2) is 5.82 Å². The van der Waals surface area contributed by atoms with Gasteiger partial charge < -0.3 is 15.8 Å². The molecule has 1 fully saturated rings. The summed E-state index contributed by atoms with van der Waals surface area (Å²) < 4.78 is 5.89. The van der Waals surface area contributed by atoms with E-state index in [-0.39, 0.29) is 0 Å². The Labute approximate surface area is 169 Å². The average molecular weight is 385 g/mol. The maximum atomic E-state index is 6.20. The van der Waals surface area contributed by atoms with Crippen LogP contribution in [-0.4, -0.2) is 27.8 Å². The van der Waals surface area contributed by atoms with Crippen LogP contribution in [0.3, 0.4) is 0 Å². The molecule has 2 aromatic carbocycles. The summed E-state index contributed by atoms with van der Waals surface area (Å²) in [5, 5.41) is 11.8. The van der Waals surface area contributed by atoms with Crippen molar-refractivity contribution in [2.75, 3.05) is 12.3 Å². The number of pyridine rings is 1. The molecule has 4 N–H and O–H groups in total. The highest BCUT2D eigenvalue weighted by molar-refractivity contribution is 6.01. The molecule has 0 saturated carbocycles. The Hall–Kier alpha value is -3.38. The zero-order valence-corrected chi connectivity index (χ0v) is 16.1. The van der Waals surface area contributed by atoms with E-state index in [0.29, 0.717) is 11.9 Å². The number of nitrogens with two attached hydrogens (primary N) is 1. The number of hydrogen-bond acceptors (Lipinski definition) is 5. The minimum atomic E-state index is 0.480. The number of hydrogen-bond donors (Lipinski definition) is 3. The molecule has 29 heavy (non-hydrogen) atoms. The van der Waals surface area contributed by atoms with Gasteiger partial charge in [0, 0.05) is 17.8 Å². The van der Waals surface area contributed by atoms with E-state index in [2.05, 4.69) is 15.5 Å². The molecule has 4 aromatic rings. The van der Waals surface area contributed by atoms with Crippen LogP contribution in [0.25, 0.3) is 22.2 Å². The number of rotatable bonds is 5. The summed E-state index contributed by atoms with van der Waals surface area (Å²) in [5.74, 6) is 2.07. The zero-order valence-electron chi connectivity index (χ0n) is 16.1. The van der Waals surface area contributed by atoms with Crippen LogP contribution in [0.15, 0.2) is 60.8 Å². The van der Waals surface area contributed by atoms with Gasteiger partial charge in [-0.2, -0.15) is 5.10 Å². The second kappa shape index (κ2) is 7.56. The van der Waals surface area contributed by atoms with Crippen LogP contribution in [0.2, 0.25) is 0 Å². The fraction of sp³-hybridized carbons (Fsp3) is 0.217. The summed E-state index contributed by atoms with van der Waals surface area (Å²) in [5.41, 5.74) is 10.1. The third kappa shape index (κ3) is 3.54. The highest BCUT2D eigenvalue weighted by Crippen LogP contribution is 2.33. The van der Waals surface area contributed by atoms with Crippen LogP contribution in [0.4, 0.5) is 5.82 Å². The van der Waals surface area contributed by atoms with Crippen molar-refractivity contribution in [3.8, 4) is 22.8 Å². The van der Waals surface area contributed by atoms with Gasteiger partial charge in [0.25, 0.3) is 0 Å². The van der Waals surface area contributed by atoms with Crippen molar-refractivity contribution in [3.63, 3.8) is 0 Å². The topological polar surface area (TPSA) is 88.8 Å². The van der Waals surface area contributed by atoms with E-state index >= 15 is 0 Å². The number of nitrogens with one attached hydrogen (secondary N) is 2. The Morgan fingerprint density at radius 2 is 1.83 bits per heavy atom. The molecule has 6 nitrogen and oxygen atoms in total. The largest absolute Gasteiger partial charge is 0.457 e. The lowest BCUT2D eigenvalue weighted by Gasteiger charge is -2.12. The van der Waals surface area contributed by atoms with Crippen LogP contribution in [-0.2, 0) is 6.42 Å². The molecule has 0 amide bonds. The number of nitrogens with zero attached hydrogens (tertiary/aromatic N) is 2. The molecule has 2 aromatic heterocycles. The van der Waals surface area contributed by atoms with Gasteiger partial charge in [-0.15, -0.1) is 0 Å². The molecule has 1 saturated heterocycles. The highest BCUT2D eigenvalue weighted by Gasteiger charge is 2.20. The van der Waals surface area contributed by atoms with E-state index in [0.717, 1.165) is 52.2 Å². The molecule has 0 radical (unpaired) electrons. The monoisotopic (exact) mass is 385 g/mol. The van der Waals surface area contributed by atoms with Gasteiger partial charge in [0.2, 0.25) is 0 Å². The Balaban J connectivity index is 1.46. The summed E-state index contributed by atoms with van der Waals surface area (Å²) in [7, 11) is 0. The summed E-state index contributed by atoms with van der Waals surface area (Å²) in [6.07, 6.45) is 5.29. The number of benzene rings is 2. The zero-order chi connectivity index (χ0) is 19.6. The van der Waals surface area contributed by atoms with Gasteiger partial charge in [0.1, 0.15) is 11.5 Å². The first-order chi connectivity index (χ1) is 14.3. The van der Waals surface area contributed by atoms with E-state index in [9.17, 15) is 0 Å². The molecule has 6 heteroatoms. The minimum Gasteiger partial charge on any atom is -0.457 e. The number of anilines is 1. The second-order valence-electron chi connectivity index (χ2n) is 7.43. The van der Waals surface area contributed by atoms with Crippen molar-refractivity contribution in [1.82, 2.24) is 20.5 Å². The van der Waals surface area contributed by atoms with Gasteiger partial charge in [-0.25, -0.2) is 0 Å². The molecule has 0 aliphatic carbocycles.